The van der Waals surface area contributed by atoms with Crippen molar-refractivity contribution in [1.29, 1.82) is 0 Å². The Morgan fingerprint density at radius 2 is 2.31 bits per heavy atom. The van der Waals surface area contributed by atoms with E-state index in [4.69, 9.17) is 10.5 Å². The van der Waals surface area contributed by atoms with Gasteiger partial charge in [0.15, 0.2) is 0 Å². The van der Waals surface area contributed by atoms with Gasteiger partial charge in [-0.15, -0.1) is 11.3 Å². The molecule has 0 bridgehead atoms. The number of nitrogen functional groups attached to an aromatic ring is 1. The summed E-state index contributed by atoms with van der Waals surface area (Å²) in [5.41, 5.74) is 6.54. The molecule has 0 aromatic carbocycles. The van der Waals surface area contributed by atoms with Crippen LogP contribution in [0, 0.1) is 6.92 Å². The van der Waals surface area contributed by atoms with E-state index in [-0.39, 0.29) is 5.97 Å². The zero-order chi connectivity index (χ0) is 11.7. The van der Waals surface area contributed by atoms with E-state index in [0.717, 1.165) is 10.9 Å². The molecule has 0 radical (unpaired) electrons. The lowest BCUT2D eigenvalue weighted by Crippen LogP contribution is -2.03. The van der Waals surface area contributed by atoms with Crippen LogP contribution in [-0.2, 0) is 4.74 Å². The first-order chi connectivity index (χ1) is 7.65. The molecule has 0 saturated heterocycles. The number of hydrogen-bond donors (Lipinski definition) is 1. The largest absolute Gasteiger partial charge is 0.462 e. The van der Waals surface area contributed by atoms with Gasteiger partial charge in [0.2, 0.25) is 0 Å². The molecule has 0 saturated carbocycles. The molecule has 2 heterocycles. The third kappa shape index (κ3) is 1.61. The zero-order valence-electron chi connectivity index (χ0n) is 8.98. The number of nitrogens with two attached hydrogens (primary N) is 1. The Morgan fingerprint density at radius 3 is 2.94 bits per heavy atom. The predicted octanol–water partition coefficient (Wildman–Crippen LogP) is 1.76. The molecule has 0 unspecified atom stereocenters. The number of anilines is 1. The number of aromatic nitrogens is 2. The number of nitrogens with zero attached hydrogens (tertiary/aromatic N) is 2. The summed E-state index contributed by atoms with van der Waals surface area (Å²) in [6, 6.07) is 0. The van der Waals surface area contributed by atoms with Gasteiger partial charge in [0.25, 0.3) is 0 Å². The van der Waals surface area contributed by atoms with E-state index in [1.807, 2.05) is 6.92 Å². The number of carbonyl (C=O) groups is 1. The molecule has 0 amide bonds. The number of fused-ring (bicyclic) bond motifs is 1. The number of esters is 1. The second-order valence-corrected chi connectivity index (χ2v) is 4.21. The monoisotopic (exact) mass is 237 g/mol. The van der Waals surface area contributed by atoms with E-state index in [9.17, 15) is 4.79 Å². The van der Waals surface area contributed by atoms with Gasteiger partial charge in [0.05, 0.1) is 12.0 Å². The van der Waals surface area contributed by atoms with E-state index >= 15 is 0 Å². The second-order valence-electron chi connectivity index (χ2n) is 3.22. The van der Waals surface area contributed by atoms with Gasteiger partial charge < -0.3 is 10.5 Å². The minimum Gasteiger partial charge on any atom is -0.462 e. The first kappa shape index (κ1) is 10.8. The third-order valence-electron chi connectivity index (χ3n) is 2.22. The molecule has 2 rings (SSSR count). The average Bonchev–Trinajstić information content (AvgIpc) is 2.58. The summed E-state index contributed by atoms with van der Waals surface area (Å²) in [4.78, 5) is 20.9. The van der Waals surface area contributed by atoms with Gasteiger partial charge in [-0.1, -0.05) is 0 Å². The number of ether oxygens (including phenoxy) is 1. The van der Waals surface area contributed by atoms with E-state index < -0.39 is 0 Å². The molecular weight excluding hydrogens is 226 g/mol. The second kappa shape index (κ2) is 4.05. The first-order valence-corrected chi connectivity index (χ1v) is 5.63. The molecule has 2 aromatic rings. The van der Waals surface area contributed by atoms with E-state index in [0.29, 0.717) is 22.1 Å². The Balaban J connectivity index is 2.61. The van der Waals surface area contributed by atoms with Crippen molar-refractivity contribution in [3.8, 4) is 0 Å². The fourth-order valence-corrected chi connectivity index (χ4v) is 2.54. The van der Waals surface area contributed by atoms with Gasteiger partial charge in [-0.2, -0.15) is 0 Å². The number of rotatable bonds is 2. The Bertz CT molecular complexity index is 550. The number of carbonyl (C=O) groups excluding carboxylic acids is 1. The molecular formula is C10H11N3O2S. The predicted molar refractivity (Wildman–Crippen MR) is 62.5 cm³/mol. The molecule has 16 heavy (non-hydrogen) atoms. The lowest BCUT2D eigenvalue weighted by atomic mass is 10.2. The van der Waals surface area contributed by atoms with E-state index in [2.05, 4.69) is 9.97 Å². The maximum absolute atomic E-state index is 11.6. The van der Waals surface area contributed by atoms with Gasteiger partial charge >= 0.3 is 5.97 Å². The Kier molecular flexibility index (Phi) is 2.74. The van der Waals surface area contributed by atoms with Crippen LogP contribution in [0.2, 0.25) is 0 Å². The summed E-state index contributed by atoms with van der Waals surface area (Å²) in [7, 11) is 0. The highest BCUT2D eigenvalue weighted by Crippen LogP contribution is 2.32. The summed E-state index contributed by atoms with van der Waals surface area (Å²) < 4.78 is 4.96. The van der Waals surface area contributed by atoms with Crippen molar-refractivity contribution in [3.05, 3.63) is 16.8 Å². The van der Waals surface area contributed by atoms with E-state index in [1.165, 1.54) is 17.7 Å². The van der Waals surface area contributed by atoms with Crippen molar-refractivity contribution in [2.24, 2.45) is 0 Å². The fraction of sp³-hybridized carbons (Fsp3) is 0.300. The van der Waals surface area contributed by atoms with Gasteiger partial charge in [-0.05, 0) is 19.4 Å². The van der Waals surface area contributed by atoms with Crippen molar-refractivity contribution < 1.29 is 9.53 Å². The topological polar surface area (TPSA) is 78.1 Å². The Hall–Kier alpha value is -1.69. The van der Waals surface area contributed by atoms with Crippen LogP contribution in [0.25, 0.3) is 10.2 Å². The third-order valence-corrected chi connectivity index (χ3v) is 3.40. The molecule has 0 atom stereocenters. The highest BCUT2D eigenvalue weighted by atomic mass is 32.1. The molecule has 0 spiro atoms. The SMILES string of the molecule is CCOC(=O)c1sc2ncnc(N)c2c1C. The normalized spacial score (nSPS) is 10.6. The number of thiophene rings is 1. The molecule has 6 heteroatoms. The van der Waals surface area contributed by atoms with Gasteiger partial charge in [0, 0.05) is 0 Å². The van der Waals surface area contributed by atoms with Crippen LogP contribution in [-0.4, -0.2) is 22.5 Å². The molecule has 0 aliphatic heterocycles. The summed E-state index contributed by atoms with van der Waals surface area (Å²) in [6.45, 7) is 3.95. The molecule has 5 nitrogen and oxygen atoms in total. The Morgan fingerprint density at radius 1 is 1.56 bits per heavy atom. The standard InChI is InChI=1S/C10H11N3O2S/c1-3-15-10(14)7-5(2)6-8(11)12-4-13-9(6)16-7/h4H,3H2,1-2H3,(H2,11,12,13). The highest BCUT2D eigenvalue weighted by molar-refractivity contribution is 7.20. The smallest absolute Gasteiger partial charge is 0.348 e. The molecule has 0 aliphatic carbocycles. The van der Waals surface area contributed by atoms with Crippen LogP contribution in [0.15, 0.2) is 6.33 Å². The van der Waals surface area contributed by atoms with Crippen LogP contribution in [0.3, 0.4) is 0 Å². The van der Waals surface area contributed by atoms with Crippen LogP contribution in [0.1, 0.15) is 22.2 Å². The van der Waals surface area contributed by atoms with Crippen molar-refractivity contribution in [2.75, 3.05) is 12.3 Å². The molecule has 0 aliphatic rings. The molecule has 2 N–H and O–H groups in total. The van der Waals surface area contributed by atoms with Gasteiger partial charge in [0.1, 0.15) is 21.9 Å². The van der Waals surface area contributed by atoms with E-state index in [1.54, 1.807) is 6.92 Å². The maximum Gasteiger partial charge on any atom is 0.348 e. The lowest BCUT2D eigenvalue weighted by molar-refractivity contribution is 0.0531. The van der Waals surface area contributed by atoms with Crippen LogP contribution >= 0.6 is 11.3 Å². The van der Waals surface area contributed by atoms with Crippen LogP contribution in [0.5, 0.6) is 0 Å². The quantitative estimate of drug-likeness (QED) is 0.805. The first-order valence-electron chi connectivity index (χ1n) is 4.81. The van der Waals surface area contributed by atoms with Crippen molar-refractivity contribution >= 4 is 33.3 Å². The zero-order valence-corrected chi connectivity index (χ0v) is 9.80. The minimum atomic E-state index is -0.331. The van der Waals surface area contributed by atoms with Crippen molar-refractivity contribution in [3.63, 3.8) is 0 Å². The summed E-state index contributed by atoms with van der Waals surface area (Å²) in [6.07, 6.45) is 1.39. The summed E-state index contributed by atoms with van der Waals surface area (Å²) in [5.74, 6) is 0.0664. The summed E-state index contributed by atoms with van der Waals surface area (Å²) in [5, 5.41) is 0.746. The highest BCUT2D eigenvalue weighted by Gasteiger charge is 2.18. The maximum atomic E-state index is 11.6. The van der Waals surface area contributed by atoms with Gasteiger partial charge in [-0.3, -0.25) is 0 Å². The minimum absolute atomic E-state index is 0.331. The molecule has 2 aromatic heterocycles. The van der Waals surface area contributed by atoms with Crippen molar-refractivity contribution in [2.45, 2.75) is 13.8 Å². The average molecular weight is 237 g/mol. The van der Waals surface area contributed by atoms with Crippen LogP contribution < -0.4 is 5.73 Å². The fourth-order valence-electron chi connectivity index (χ4n) is 1.49. The Labute approximate surface area is 96.3 Å². The molecule has 0 fully saturated rings. The number of aryl methyl sites for hydroxylation is 1. The number of hydrogen-bond acceptors (Lipinski definition) is 6. The lowest BCUT2D eigenvalue weighted by Gasteiger charge is -1.99. The molecule has 84 valence electrons. The van der Waals surface area contributed by atoms with Gasteiger partial charge in [-0.25, -0.2) is 14.8 Å². The van der Waals surface area contributed by atoms with Crippen molar-refractivity contribution in [1.82, 2.24) is 9.97 Å². The van der Waals surface area contributed by atoms with Crippen LogP contribution in [0.4, 0.5) is 5.82 Å². The summed E-state index contributed by atoms with van der Waals surface area (Å²) >= 11 is 1.28.